The number of anilines is 1. The van der Waals surface area contributed by atoms with Gasteiger partial charge < -0.3 is 16.4 Å². The Morgan fingerprint density at radius 2 is 1.76 bits per heavy atom. The van der Waals surface area contributed by atoms with Crippen LogP contribution in [-0.2, 0) is 16.0 Å². The van der Waals surface area contributed by atoms with Crippen molar-refractivity contribution in [3.8, 4) is 0 Å². The molecule has 5 heteroatoms. The van der Waals surface area contributed by atoms with Gasteiger partial charge >= 0.3 is 0 Å². The Kier molecular flexibility index (Phi) is 7.29. The van der Waals surface area contributed by atoms with Crippen LogP contribution in [0.3, 0.4) is 0 Å². The normalized spacial score (nSPS) is 10.4. The molecule has 0 aliphatic heterocycles. The molecule has 0 unspecified atom stereocenters. The summed E-state index contributed by atoms with van der Waals surface area (Å²) in [4.78, 5) is 23.2. The number of rotatable bonds is 8. The summed E-state index contributed by atoms with van der Waals surface area (Å²) in [7, 11) is 0. The molecular formula is C16H25N3O2. The molecule has 0 saturated heterocycles. The Bertz CT molecular complexity index is 472. The topological polar surface area (TPSA) is 84.2 Å². The number of nitrogens with one attached hydrogen (secondary N) is 2. The number of amides is 2. The zero-order valence-corrected chi connectivity index (χ0v) is 12.8. The Hall–Kier alpha value is -2.04. The Morgan fingerprint density at radius 3 is 2.43 bits per heavy atom. The van der Waals surface area contributed by atoms with E-state index in [0.29, 0.717) is 44.0 Å². The van der Waals surface area contributed by atoms with Crippen molar-refractivity contribution >= 4 is 17.5 Å². The van der Waals surface area contributed by atoms with Crippen molar-refractivity contribution in [1.29, 1.82) is 0 Å². The van der Waals surface area contributed by atoms with E-state index >= 15 is 0 Å². The van der Waals surface area contributed by atoms with Gasteiger partial charge in [-0.2, -0.15) is 0 Å². The zero-order valence-electron chi connectivity index (χ0n) is 12.8. The minimum Gasteiger partial charge on any atom is -0.399 e. The van der Waals surface area contributed by atoms with Crippen molar-refractivity contribution < 1.29 is 9.59 Å². The number of nitrogens with two attached hydrogens (primary N) is 1. The van der Waals surface area contributed by atoms with Crippen molar-refractivity contribution in [2.75, 3.05) is 18.8 Å². The van der Waals surface area contributed by atoms with Gasteiger partial charge in [-0.15, -0.1) is 0 Å². The lowest BCUT2D eigenvalue weighted by molar-refractivity contribution is -0.122. The molecule has 0 aromatic heterocycles. The maximum Gasteiger partial charge on any atom is 0.221 e. The van der Waals surface area contributed by atoms with Crippen molar-refractivity contribution in [3.05, 3.63) is 29.8 Å². The Morgan fingerprint density at radius 1 is 1.10 bits per heavy atom. The summed E-state index contributed by atoms with van der Waals surface area (Å²) >= 11 is 0. The number of hydrogen-bond donors (Lipinski definition) is 3. The lowest BCUT2D eigenvalue weighted by Gasteiger charge is -2.09. The minimum atomic E-state index is -0.0603. The van der Waals surface area contributed by atoms with E-state index in [1.54, 1.807) is 0 Å². The fourth-order valence-electron chi connectivity index (χ4n) is 1.82. The van der Waals surface area contributed by atoms with Crippen LogP contribution in [0.2, 0.25) is 0 Å². The molecule has 0 atom stereocenters. The highest BCUT2D eigenvalue weighted by Gasteiger charge is 2.06. The summed E-state index contributed by atoms with van der Waals surface area (Å²) in [5.74, 6) is 0.339. The number of carbonyl (C=O) groups excluding carboxylic acids is 2. The summed E-state index contributed by atoms with van der Waals surface area (Å²) in [5, 5.41) is 5.56. The van der Waals surface area contributed by atoms with Gasteiger partial charge in [-0.05, 0) is 24.0 Å². The average Bonchev–Trinajstić information content (AvgIpc) is 2.44. The van der Waals surface area contributed by atoms with Crippen LogP contribution in [0, 0.1) is 5.92 Å². The number of carbonyl (C=O) groups is 2. The van der Waals surface area contributed by atoms with Gasteiger partial charge in [-0.3, -0.25) is 9.59 Å². The van der Waals surface area contributed by atoms with Gasteiger partial charge in [-0.25, -0.2) is 0 Å². The van der Waals surface area contributed by atoms with Gasteiger partial charge in [0.15, 0.2) is 0 Å². The second-order valence-electron chi connectivity index (χ2n) is 5.50. The van der Waals surface area contributed by atoms with Crippen LogP contribution in [0.25, 0.3) is 0 Å². The number of hydrogen-bond acceptors (Lipinski definition) is 3. The quantitative estimate of drug-likeness (QED) is 0.634. The first-order valence-electron chi connectivity index (χ1n) is 7.35. The third-order valence-corrected chi connectivity index (χ3v) is 3.06. The van der Waals surface area contributed by atoms with Crippen LogP contribution in [0.4, 0.5) is 5.69 Å². The van der Waals surface area contributed by atoms with Gasteiger partial charge in [0, 0.05) is 31.6 Å². The second-order valence-corrected chi connectivity index (χ2v) is 5.50. The molecule has 0 radical (unpaired) electrons. The summed E-state index contributed by atoms with van der Waals surface area (Å²) < 4.78 is 0. The zero-order chi connectivity index (χ0) is 15.7. The van der Waals surface area contributed by atoms with Crippen molar-refractivity contribution in [1.82, 2.24) is 10.6 Å². The van der Waals surface area contributed by atoms with Crippen LogP contribution in [-0.4, -0.2) is 24.9 Å². The monoisotopic (exact) mass is 291 g/mol. The maximum absolute atomic E-state index is 11.7. The lowest BCUT2D eigenvalue weighted by Crippen LogP contribution is -2.32. The predicted molar refractivity (Wildman–Crippen MR) is 84.6 cm³/mol. The number of aryl methyl sites for hydroxylation is 1. The summed E-state index contributed by atoms with van der Waals surface area (Å²) in [6, 6.07) is 7.52. The molecule has 1 rings (SSSR count). The van der Waals surface area contributed by atoms with Crippen LogP contribution in [0.15, 0.2) is 24.3 Å². The summed E-state index contributed by atoms with van der Waals surface area (Å²) in [6.07, 6.45) is 1.30. The van der Waals surface area contributed by atoms with E-state index in [2.05, 4.69) is 10.6 Å². The van der Waals surface area contributed by atoms with Gasteiger partial charge in [0.2, 0.25) is 11.8 Å². The molecule has 5 nitrogen and oxygen atoms in total. The molecule has 0 aliphatic carbocycles. The van der Waals surface area contributed by atoms with E-state index in [4.69, 9.17) is 5.73 Å². The maximum atomic E-state index is 11.7. The van der Waals surface area contributed by atoms with Crippen molar-refractivity contribution in [3.63, 3.8) is 0 Å². The molecule has 0 bridgehead atoms. The number of nitrogen functional groups attached to an aromatic ring is 1. The van der Waals surface area contributed by atoms with E-state index in [9.17, 15) is 9.59 Å². The predicted octanol–water partition coefficient (Wildman–Crippen LogP) is 1.48. The molecule has 116 valence electrons. The van der Waals surface area contributed by atoms with Crippen molar-refractivity contribution in [2.24, 2.45) is 5.92 Å². The minimum absolute atomic E-state index is 0.0312. The third-order valence-electron chi connectivity index (χ3n) is 3.06. The lowest BCUT2D eigenvalue weighted by atomic mass is 10.1. The van der Waals surface area contributed by atoms with E-state index < -0.39 is 0 Å². The Labute approximate surface area is 126 Å². The van der Waals surface area contributed by atoms with E-state index in [1.165, 1.54) is 0 Å². The first kappa shape index (κ1) is 17.0. The molecule has 1 aromatic carbocycles. The smallest absolute Gasteiger partial charge is 0.221 e. The van der Waals surface area contributed by atoms with Crippen LogP contribution in [0.1, 0.15) is 32.3 Å². The average molecular weight is 291 g/mol. The molecule has 1 aromatic rings. The second kappa shape index (κ2) is 9.00. The van der Waals surface area contributed by atoms with Crippen molar-refractivity contribution in [2.45, 2.75) is 33.1 Å². The van der Waals surface area contributed by atoms with Gasteiger partial charge in [0.25, 0.3) is 0 Å². The molecule has 0 heterocycles. The third kappa shape index (κ3) is 7.34. The fourth-order valence-corrected chi connectivity index (χ4v) is 1.82. The fraction of sp³-hybridized carbons (Fsp3) is 0.500. The van der Waals surface area contributed by atoms with Gasteiger partial charge in [0.05, 0.1) is 0 Å². The molecule has 2 amide bonds. The highest BCUT2D eigenvalue weighted by atomic mass is 16.2. The van der Waals surface area contributed by atoms with Gasteiger partial charge in [-0.1, -0.05) is 32.0 Å². The van der Waals surface area contributed by atoms with Crippen LogP contribution >= 0.6 is 0 Å². The van der Waals surface area contributed by atoms with E-state index in [0.717, 1.165) is 5.56 Å². The molecule has 0 spiro atoms. The molecule has 0 saturated carbocycles. The van der Waals surface area contributed by atoms with E-state index in [1.807, 2.05) is 38.1 Å². The molecule has 21 heavy (non-hydrogen) atoms. The molecule has 4 N–H and O–H groups in total. The highest BCUT2D eigenvalue weighted by molar-refractivity contribution is 5.79. The standard InChI is InChI=1S/C16H25N3O2/c1-12(2)11-19-16(21)9-10-18-15(20)8-7-13-5-3-4-6-14(13)17/h3-6,12H,7-11,17H2,1-2H3,(H,18,20)(H,19,21). The van der Waals surface area contributed by atoms with Gasteiger partial charge in [0.1, 0.15) is 0 Å². The van der Waals surface area contributed by atoms with E-state index in [-0.39, 0.29) is 11.8 Å². The molecule has 0 aliphatic rings. The first-order chi connectivity index (χ1) is 9.99. The largest absolute Gasteiger partial charge is 0.399 e. The first-order valence-corrected chi connectivity index (χ1v) is 7.35. The summed E-state index contributed by atoms with van der Waals surface area (Å²) in [5.41, 5.74) is 7.50. The SMILES string of the molecule is CC(C)CNC(=O)CCNC(=O)CCc1ccccc1N. The van der Waals surface area contributed by atoms with Crippen LogP contribution < -0.4 is 16.4 Å². The molecular weight excluding hydrogens is 266 g/mol. The highest BCUT2D eigenvalue weighted by Crippen LogP contribution is 2.12. The van der Waals surface area contributed by atoms with Crippen LogP contribution in [0.5, 0.6) is 0 Å². The number of para-hydroxylation sites is 1. The molecule has 0 fully saturated rings. The number of benzene rings is 1. The Balaban J connectivity index is 2.17. The summed E-state index contributed by atoms with van der Waals surface area (Å²) in [6.45, 7) is 5.11.